The highest BCUT2D eigenvalue weighted by Crippen LogP contribution is 2.19. The molecule has 0 atom stereocenters. The Kier molecular flexibility index (Phi) is 6.52. The zero-order valence-corrected chi connectivity index (χ0v) is 20.3. The molecule has 0 spiro atoms. The number of aryl methyl sites for hydroxylation is 2. The van der Waals surface area contributed by atoms with E-state index in [0.29, 0.717) is 25.2 Å². The summed E-state index contributed by atoms with van der Waals surface area (Å²) < 4.78 is 1.94. The highest BCUT2D eigenvalue weighted by Gasteiger charge is 2.17. The molecular formula is C29H27N5O2. The number of fused-ring (bicyclic) bond motifs is 1. The molecule has 1 aliphatic rings. The van der Waals surface area contributed by atoms with Gasteiger partial charge in [-0.3, -0.25) is 18.9 Å². The number of amides is 2. The van der Waals surface area contributed by atoms with Crippen molar-refractivity contribution in [3.05, 3.63) is 101 Å². The molecule has 0 saturated carbocycles. The van der Waals surface area contributed by atoms with Gasteiger partial charge in [0, 0.05) is 42.6 Å². The molecule has 5 rings (SSSR count). The van der Waals surface area contributed by atoms with Gasteiger partial charge in [-0.05, 0) is 72.9 Å². The van der Waals surface area contributed by atoms with Gasteiger partial charge in [-0.25, -0.2) is 4.98 Å². The van der Waals surface area contributed by atoms with Gasteiger partial charge in [-0.1, -0.05) is 24.1 Å². The van der Waals surface area contributed by atoms with Crippen LogP contribution in [0.25, 0.3) is 5.65 Å². The number of benzene rings is 2. The molecule has 0 unspecified atom stereocenters. The predicted octanol–water partition coefficient (Wildman–Crippen LogP) is 3.54. The number of nitrogens with one attached hydrogen (secondary N) is 2. The van der Waals surface area contributed by atoms with Gasteiger partial charge in [-0.2, -0.15) is 0 Å². The largest absolute Gasteiger partial charge is 0.354 e. The number of nitrogens with zero attached hydrogens (tertiary/aromatic N) is 3. The molecule has 180 valence electrons. The number of hydrogen-bond acceptors (Lipinski definition) is 4. The van der Waals surface area contributed by atoms with Crippen LogP contribution in [0.4, 0.5) is 5.69 Å². The number of hydrogen-bond donors (Lipinski definition) is 2. The standard InChI is InChI=1S/C29H27N5O2/c1-20-6-7-23(16-22(20)9-11-26-17-31-27-5-3-4-13-34(26)27)29(36)32-25-10-8-24(21(2)15-25)18-33-14-12-30-28(35)19-33/h3-8,10,13,15-17H,12,14,18-19H2,1-2H3,(H,30,35)(H,32,36). The molecule has 4 aromatic rings. The number of rotatable bonds is 4. The zero-order valence-electron chi connectivity index (χ0n) is 20.3. The molecular weight excluding hydrogens is 450 g/mol. The lowest BCUT2D eigenvalue weighted by Gasteiger charge is -2.27. The first-order valence-corrected chi connectivity index (χ1v) is 11.9. The molecule has 2 aromatic carbocycles. The summed E-state index contributed by atoms with van der Waals surface area (Å²) in [5.74, 6) is 6.25. The van der Waals surface area contributed by atoms with Crippen molar-refractivity contribution in [2.45, 2.75) is 20.4 Å². The molecule has 2 amide bonds. The average Bonchev–Trinajstić information content (AvgIpc) is 3.28. The third-order valence-corrected chi connectivity index (χ3v) is 6.35. The summed E-state index contributed by atoms with van der Waals surface area (Å²) in [6.45, 7) is 6.63. The van der Waals surface area contributed by atoms with Gasteiger partial charge in [0.2, 0.25) is 5.91 Å². The molecule has 36 heavy (non-hydrogen) atoms. The van der Waals surface area contributed by atoms with Crippen LogP contribution in [-0.2, 0) is 11.3 Å². The second kappa shape index (κ2) is 10.1. The van der Waals surface area contributed by atoms with E-state index in [9.17, 15) is 9.59 Å². The van der Waals surface area contributed by atoms with Crippen molar-refractivity contribution in [3.63, 3.8) is 0 Å². The van der Waals surface area contributed by atoms with Crippen LogP contribution in [0.3, 0.4) is 0 Å². The number of carbonyl (C=O) groups is 2. The highest BCUT2D eigenvalue weighted by molar-refractivity contribution is 6.04. The zero-order chi connectivity index (χ0) is 25.1. The Hall–Kier alpha value is -4.41. The summed E-state index contributed by atoms with van der Waals surface area (Å²) in [4.78, 5) is 31.1. The predicted molar refractivity (Wildman–Crippen MR) is 140 cm³/mol. The SMILES string of the molecule is Cc1ccc(C(=O)Nc2ccc(CN3CCNC(=O)C3)c(C)c2)cc1C#Cc1cnc2ccccn12. The number of imidazole rings is 1. The maximum absolute atomic E-state index is 13.0. The molecule has 7 heteroatoms. The van der Waals surface area contributed by atoms with Crippen molar-refractivity contribution in [2.75, 3.05) is 25.0 Å². The summed E-state index contributed by atoms with van der Waals surface area (Å²) in [7, 11) is 0. The van der Waals surface area contributed by atoms with E-state index in [1.165, 1.54) is 0 Å². The Morgan fingerprint density at radius 2 is 1.97 bits per heavy atom. The highest BCUT2D eigenvalue weighted by atomic mass is 16.2. The van der Waals surface area contributed by atoms with Crippen molar-refractivity contribution >= 4 is 23.1 Å². The fourth-order valence-electron chi connectivity index (χ4n) is 4.28. The smallest absolute Gasteiger partial charge is 0.255 e. The first-order valence-electron chi connectivity index (χ1n) is 11.9. The molecule has 1 fully saturated rings. The van der Waals surface area contributed by atoms with Crippen molar-refractivity contribution in [2.24, 2.45) is 0 Å². The van der Waals surface area contributed by atoms with Crippen LogP contribution in [-0.4, -0.2) is 45.7 Å². The second-order valence-electron chi connectivity index (χ2n) is 9.01. The molecule has 2 N–H and O–H groups in total. The van der Waals surface area contributed by atoms with Gasteiger partial charge < -0.3 is 10.6 Å². The molecule has 7 nitrogen and oxygen atoms in total. The van der Waals surface area contributed by atoms with E-state index in [4.69, 9.17) is 0 Å². The van der Waals surface area contributed by atoms with Gasteiger partial charge >= 0.3 is 0 Å². The van der Waals surface area contributed by atoms with E-state index in [2.05, 4.69) is 32.4 Å². The molecule has 2 aromatic heterocycles. The summed E-state index contributed by atoms with van der Waals surface area (Å²) in [5.41, 5.74) is 6.92. The van der Waals surface area contributed by atoms with E-state index in [1.54, 1.807) is 6.20 Å². The molecule has 1 aliphatic heterocycles. The maximum Gasteiger partial charge on any atom is 0.255 e. The Morgan fingerprint density at radius 1 is 1.08 bits per heavy atom. The average molecular weight is 478 g/mol. The Bertz CT molecular complexity index is 1530. The molecule has 0 bridgehead atoms. The van der Waals surface area contributed by atoms with Gasteiger partial charge in [0.05, 0.1) is 12.7 Å². The lowest BCUT2D eigenvalue weighted by Crippen LogP contribution is -2.47. The molecule has 3 heterocycles. The number of piperazine rings is 1. The Balaban J connectivity index is 1.30. The number of aromatic nitrogens is 2. The van der Waals surface area contributed by atoms with E-state index in [0.717, 1.165) is 45.8 Å². The third kappa shape index (κ3) is 5.14. The van der Waals surface area contributed by atoms with Crippen molar-refractivity contribution in [1.29, 1.82) is 0 Å². The maximum atomic E-state index is 13.0. The van der Waals surface area contributed by atoms with Crippen molar-refractivity contribution < 1.29 is 9.59 Å². The first kappa shape index (κ1) is 23.3. The lowest BCUT2D eigenvalue weighted by molar-refractivity contribution is -0.124. The van der Waals surface area contributed by atoms with Gasteiger partial charge in [0.1, 0.15) is 11.3 Å². The van der Waals surface area contributed by atoms with Gasteiger partial charge in [-0.15, -0.1) is 0 Å². The van der Waals surface area contributed by atoms with Crippen LogP contribution in [0.2, 0.25) is 0 Å². The van der Waals surface area contributed by atoms with E-state index in [-0.39, 0.29) is 11.8 Å². The van der Waals surface area contributed by atoms with Crippen molar-refractivity contribution in [3.8, 4) is 11.8 Å². The van der Waals surface area contributed by atoms with Crippen LogP contribution in [0.15, 0.2) is 67.0 Å². The topological polar surface area (TPSA) is 78.7 Å². The van der Waals surface area contributed by atoms with Crippen LogP contribution >= 0.6 is 0 Å². The van der Waals surface area contributed by atoms with Crippen LogP contribution in [0, 0.1) is 25.7 Å². The molecule has 1 saturated heterocycles. The quantitative estimate of drug-likeness (QED) is 0.441. The van der Waals surface area contributed by atoms with Crippen LogP contribution < -0.4 is 10.6 Å². The summed E-state index contributed by atoms with van der Waals surface area (Å²) in [5, 5.41) is 5.85. The number of carbonyl (C=O) groups excluding carboxylic acids is 2. The minimum atomic E-state index is -0.187. The van der Waals surface area contributed by atoms with E-state index < -0.39 is 0 Å². The summed E-state index contributed by atoms with van der Waals surface area (Å²) in [6.07, 6.45) is 3.68. The van der Waals surface area contributed by atoms with Crippen molar-refractivity contribution in [1.82, 2.24) is 19.6 Å². The third-order valence-electron chi connectivity index (χ3n) is 6.35. The first-order chi connectivity index (χ1) is 17.5. The molecule has 0 aliphatic carbocycles. The monoisotopic (exact) mass is 477 g/mol. The molecule has 0 radical (unpaired) electrons. The lowest BCUT2D eigenvalue weighted by atomic mass is 10.0. The Labute approximate surface area is 210 Å². The van der Waals surface area contributed by atoms with Crippen LogP contribution in [0.1, 0.15) is 38.3 Å². The fraction of sp³-hybridized carbons (Fsp3) is 0.207. The second-order valence-corrected chi connectivity index (χ2v) is 9.01. The fourth-order valence-corrected chi connectivity index (χ4v) is 4.28. The van der Waals surface area contributed by atoms with Gasteiger partial charge in [0.15, 0.2) is 0 Å². The minimum Gasteiger partial charge on any atom is -0.354 e. The van der Waals surface area contributed by atoms with E-state index >= 15 is 0 Å². The minimum absolute atomic E-state index is 0.0588. The van der Waals surface area contributed by atoms with Crippen LogP contribution in [0.5, 0.6) is 0 Å². The van der Waals surface area contributed by atoms with Gasteiger partial charge in [0.25, 0.3) is 5.91 Å². The Morgan fingerprint density at radius 3 is 2.81 bits per heavy atom. The number of anilines is 1. The van der Waals surface area contributed by atoms with E-state index in [1.807, 2.05) is 79.0 Å². The number of pyridine rings is 1. The summed E-state index contributed by atoms with van der Waals surface area (Å²) >= 11 is 0. The normalized spacial score (nSPS) is 13.7. The summed E-state index contributed by atoms with van der Waals surface area (Å²) in [6, 6.07) is 17.3.